The number of aliphatic imine (C=N–C) groups is 1. The summed E-state index contributed by atoms with van der Waals surface area (Å²) < 4.78 is 0. The molecule has 20 heavy (non-hydrogen) atoms. The van der Waals surface area contributed by atoms with Gasteiger partial charge in [-0.25, -0.2) is 0 Å². The van der Waals surface area contributed by atoms with E-state index in [0.717, 1.165) is 43.3 Å². The Morgan fingerprint density at radius 3 is 2.70 bits per heavy atom. The molecule has 0 atom stereocenters. The Morgan fingerprint density at radius 2 is 2.05 bits per heavy atom. The normalized spacial score (nSPS) is 19.6. The van der Waals surface area contributed by atoms with E-state index in [1.807, 2.05) is 12.1 Å². The summed E-state index contributed by atoms with van der Waals surface area (Å²) in [7, 11) is 0. The number of para-hydroxylation sites is 1. The highest BCUT2D eigenvalue weighted by Crippen LogP contribution is 2.27. The maximum Gasteiger partial charge on any atom is 0.306 e. The molecular weight excluding hydrogens is 254 g/mol. The summed E-state index contributed by atoms with van der Waals surface area (Å²) in [5, 5.41) is 12.4. The second kappa shape index (κ2) is 5.53. The van der Waals surface area contributed by atoms with Gasteiger partial charge >= 0.3 is 5.97 Å². The number of anilines is 1. The lowest BCUT2D eigenvalue weighted by molar-refractivity contribution is -0.142. The van der Waals surface area contributed by atoms with Gasteiger partial charge in [0.05, 0.1) is 12.5 Å². The molecule has 0 spiro atoms. The zero-order chi connectivity index (χ0) is 13.9. The highest BCUT2D eigenvalue weighted by atomic mass is 16.4. The van der Waals surface area contributed by atoms with Crippen LogP contribution >= 0.6 is 0 Å². The lowest BCUT2D eigenvalue weighted by atomic mass is 9.96. The molecule has 0 aliphatic carbocycles. The van der Waals surface area contributed by atoms with Gasteiger partial charge in [-0.15, -0.1) is 0 Å². The number of piperidine rings is 1. The Hall–Kier alpha value is -2.04. The number of carboxylic acids is 1. The summed E-state index contributed by atoms with van der Waals surface area (Å²) in [5.74, 6) is 0.0982. The summed E-state index contributed by atoms with van der Waals surface area (Å²) in [6, 6.07) is 8.22. The fourth-order valence-electron chi connectivity index (χ4n) is 2.90. The minimum absolute atomic E-state index is 0.194. The molecule has 0 amide bonds. The van der Waals surface area contributed by atoms with Gasteiger partial charge in [-0.2, -0.15) is 0 Å². The van der Waals surface area contributed by atoms with Gasteiger partial charge in [0.2, 0.25) is 0 Å². The average Bonchev–Trinajstić information content (AvgIpc) is 3.01. The number of nitrogens with zero attached hydrogens (tertiary/aromatic N) is 2. The van der Waals surface area contributed by atoms with Gasteiger partial charge in [-0.05, 0) is 25.0 Å². The van der Waals surface area contributed by atoms with E-state index >= 15 is 0 Å². The van der Waals surface area contributed by atoms with E-state index in [1.165, 1.54) is 0 Å². The third-order valence-corrected chi connectivity index (χ3v) is 4.02. The predicted molar refractivity (Wildman–Crippen MR) is 78.4 cm³/mol. The van der Waals surface area contributed by atoms with Gasteiger partial charge in [0.15, 0.2) is 0 Å². The molecular formula is C15H19N3O2. The quantitative estimate of drug-likeness (QED) is 0.872. The van der Waals surface area contributed by atoms with E-state index in [2.05, 4.69) is 27.3 Å². The maximum atomic E-state index is 11.0. The molecule has 0 radical (unpaired) electrons. The van der Waals surface area contributed by atoms with E-state index < -0.39 is 5.97 Å². The van der Waals surface area contributed by atoms with Gasteiger partial charge in [-0.1, -0.05) is 12.1 Å². The molecule has 5 heteroatoms. The van der Waals surface area contributed by atoms with Crippen molar-refractivity contribution in [3.63, 3.8) is 0 Å². The van der Waals surface area contributed by atoms with E-state index in [0.29, 0.717) is 12.8 Å². The Morgan fingerprint density at radius 1 is 1.30 bits per heavy atom. The van der Waals surface area contributed by atoms with Crippen molar-refractivity contribution in [1.29, 1.82) is 0 Å². The fourth-order valence-corrected chi connectivity index (χ4v) is 2.90. The first-order valence-corrected chi connectivity index (χ1v) is 7.11. The molecule has 0 unspecified atom stereocenters. The molecule has 1 aromatic carbocycles. The number of rotatable bonds is 3. The first-order chi connectivity index (χ1) is 9.75. The number of carboxylic acid groups (broad SMARTS) is 1. The minimum Gasteiger partial charge on any atom is -0.481 e. The molecule has 0 aromatic heterocycles. The van der Waals surface area contributed by atoms with Gasteiger partial charge in [0, 0.05) is 30.9 Å². The van der Waals surface area contributed by atoms with Crippen LogP contribution in [0.4, 0.5) is 5.69 Å². The number of hydrogen-bond donors (Lipinski definition) is 2. The van der Waals surface area contributed by atoms with Crippen molar-refractivity contribution in [3.05, 3.63) is 29.8 Å². The molecule has 3 rings (SSSR count). The first-order valence-electron chi connectivity index (χ1n) is 7.11. The van der Waals surface area contributed by atoms with Crippen LogP contribution in [0.25, 0.3) is 0 Å². The highest BCUT2D eigenvalue weighted by molar-refractivity contribution is 6.04. The molecule has 2 heterocycles. The summed E-state index contributed by atoms with van der Waals surface area (Å²) in [6.45, 7) is 3.30. The molecule has 2 N–H and O–H groups in total. The van der Waals surface area contributed by atoms with Crippen LogP contribution in [0.5, 0.6) is 0 Å². The Bertz CT molecular complexity index is 534. The molecule has 1 saturated heterocycles. The fraction of sp³-hybridized carbons (Fsp3) is 0.467. The molecule has 106 valence electrons. The lowest BCUT2D eigenvalue weighted by Crippen LogP contribution is -2.37. The van der Waals surface area contributed by atoms with Crippen LogP contribution in [0, 0.1) is 5.92 Å². The van der Waals surface area contributed by atoms with Crippen molar-refractivity contribution >= 4 is 17.5 Å². The number of aliphatic carboxylic acids is 1. The van der Waals surface area contributed by atoms with E-state index in [-0.39, 0.29) is 5.92 Å². The summed E-state index contributed by atoms with van der Waals surface area (Å²) in [6.07, 6.45) is 1.42. The second-order valence-electron chi connectivity index (χ2n) is 5.27. The van der Waals surface area contributed by atoms with E-state index in [9.17, 15) is 4.79 Å². The third-order valence-electron chi connectivity index (χ3n) is 4.02. The first kappa shape index (κ1) is 13.0. The molecule has 0 saturated carbocycles. The number of hydrogen-bond acceptors (Lipinski definition) is 4. The average molecular weight is 273 g/mol. The number of nitrogens with one attached hydrogen (secondary N) is 1. The van der Waals surface area contributed by atoms with Gasteiger partial charge in [0.25, 0.3) is 0 Å². The zero-order valence-corrected chi connectivity index (χ0v) is 11.4. The lowest BCUT2D eigenvalue weighted by Gasteiger charge is -2.33. The predicted octanol–water partition coefficient (Wildman–Crippen LogP) is 1.34. The molecule has 2 aliphatic heterocycles. The van der Waals surface area contributed by atoms with Crippen molar-refractivity contribution in [2.45, 2.75) is 12.8 Å². The van der Waals surface area contributed by atoms with Crippen LogP contribution in [0.2, 0.25) is 0 Å². The number of carbonyl (C=O) groups is 1. The minimum atomic E-state index is -0.667. The van der Waals surface area contributed by atoms with Crippen LogP contribution in [0.1, 0.15) is 18.4 Å². The number of amidine groups is 1. The Kier molecular flexibility index (Phi) is 3.58. The maximum absolute atomic E-state index is 11.0. The van der Waals surface area contributed by atoms with Crippen LogP contribution in [0.3, 0.4) is 0 Å². The SMILES string of the molecule is O=C(O)C1CCN(c2ccccc2C2=NCCN2)CC1. The van der Waals surface area contributed by atoms with Crippen LogP contribution in [0.15, 0.2) is 29.3 Å². The molecule has 1 aromatic rings. The Labute approximate surface area is 118 Å². The van der Waals surface area contributed by atoms with Crippen molar-refractivity contribution in [3.8, 4) is 0 Å². The second-order valence-corrected chi connectivity index (χ2v) is 5.27. The highest BCUT2D eigenvalue weighted by Gasteiger charge is 2.26. The van der Waals surface area contributed by atoms with Gasteiger partial charge < -0.3 is 15.3 Å². The molecule has 5 nitrogen and oxygen atoms in total. The smallest absolute Gasteiger partial charge is 0.306 e. The van der Waals surface area contributed by atoms with Crippen molar-refractivity contribution in [2.24, 2.45) is 10.9 Å². The largest absolute Gasteiger partial charge is 0.481 e. The van der Waals surface area contributed by atoms with Gasteiger partial charge in [-0.3, -0.25) is 9.79 Å². The zero-order valence-electron chi connectivity index (χ0n) is 11.4. The summed E-state index contributed by atoms with van der Waals surface area (Å²) in [5.41, 5.74) is 2.28. The summed E-state index contributed by atoms with van der Waals surface area (Å²) >= 11 is 0. The van der Waals surface area contributed by atoms with Gasteiger partial charge in [0.1, 0.15) is 5.84 Å². The van der Waals surface area contributed by atoms with Crippen LogP contribution in [-0.2, 0) is 4.79 Å². The molecule has 1 fully saturated rings. The standard InChI is InChI=1S/C15H19N3O2/c19-15(20)11-5-9-18(10-6-11)13-4-2-1-3-12(13)14-16-7-8-17-14/h1-4,11H,5-10H2,(H,16,17)(H,19,20). The van der Waals surface area contributed by atoms with E-state index in [4.69, 9.17) is 5.11 Å². The van der Waals surface area contributed by atoms with Crippen LogP contribution in [-0.4, -0.2) is 43.1 Å². The van der Waals surface area contributed by atoms with Crippen molar-refractivity contribution < 1.29 is 9.90 Å². The van der Waals surface area contributed by atoms with Crippen molar-refractivity contribution in [2.75, 3.05) is 31.1 Å². The van der Waals surface area contributed by atoms with Crippen LogP contribution < -0.4 is 10.2 Å². The topological polar surface area (TPSA) is 64.9 Å². The monoisotopic (exact) mass is 273 g/mol. The molecule has 0 bridgehead atoms. The Balaban J connectivity index is 1.79. The van der Waals surface area contributed by atoms with Crippen molar-refractivity contribution in [1.82, 2.24) is 5.32 Å². The number of benzene rings is 1. The third kappa shape index (κ3) is 2.48. The molecule has 2 aliphatic rings. The summed E-state index contributed by atoms with van der Waals surface area (Å²) in [4.78, 5) is 17.8. The van der Waals surface area contributed by atoms with E-state index in [1.54, 1.807) is 0 Å².